The van der Waals surface area contributed by atoms with Crippen LogP contribution in [0.4, 0.5) is 0 Å². The van der Waals surface area contributed by atoms with Crippen molar-refractivity contribution in [2.75, 3.05) is 7.11 Å². The molecule has 0 radical (unpaired) electrons. The fourth-order valence-electron chi connectivity index (χ4n) is 1.92. The first-order valence-corrected chi connectivity index (χ1v) is 7.55. The summed E-state index contributed by atoms with van der Waals surface area (Å²) in [6, 6.07) is 11.5. The standard InChI is InChI=1S/C15H18ClNO2S/c1-10(17)15(13-6-7-14(16)20-13)19-9-11-4-3-5-12(8-11)18-2/h3-8,10,15H,9,17H2,1-2H3. The van der Waals surface area contributed by atoms with Crippen molar-refractivity contribution in [3.63, 3.8) is 0 Å². The molecular formula is C15H18ClNO2S. The van der Waals surface area contributed by atoms with Crippen LogP contribution in [0.2, 0.25) is 4.34 Å². The van der Waals surface area contributed by atoms with Gasteiger partial charge in [-0.15, -0.1) is 11.3 Å². The van der Waals surface area contributed by atoms with Gasteiger partial charge in [-0.3, -0.25) is 0 Å². The fraction of sp³-hybridized carbons (Fsp3) is 0.333. The van der Waals surface area contributed by atoms with Gasteiger partial charge < -0.3 is 15.2 Å². The zero-order valence-electron chi connectivity index (χ0n) is 11.5. The highest BCUT2D eigenvalue weighted by Crippen LogP contribution is 2.31. The average molecular weight is 312 g/mol. The van der Waals surface area contributed by atoms with Gasteiger partial charge in [-0.05, 0) is 36.8 Å². The Kier molecular flexibility index (Phi) is 5.43. The molecule has 2 atom stereocenters. The fourth-order valence-corrected chi connectivity index (χ4v) is 3.15. The molecule has 0 aliphatic heterocycles. The summed E-state index contributed by atoms with van der Waals surface area (Å²) < 4.78 is 11.9. The zero-order chi connectivity index (χ0) is 14.5. The van der Waals surface area contributed by atoms with Gasteiger partial charge in [0.15, 0.2) is 0 Å². The second-order valence-corrected chi connectivity index (χ2v) is 6.33. The summed E-state index contributed by atoms with van der Waals surface area (Å²) in [5.41, 5.74) is 7.07. The van der Waals surface area contributed by atoms with Crippen LogP contribution in [0.5, 0.6) is 5.75 Å². The third-order valence-electron chi connectivity index (χ3n) is 2.92. The summed E-state index contributed by atoms with van der Waals surface area (Å²) in [4.78, 5) is 1.05. The molecule has 1 aromatic heterocycles. The molecule has 1 aromatic carbocycles. The number of halogens is 1. The van der Waals surface area contributed by atoms with Gasteiger partial charge in [0.05, 0.1) is 18.1 Å². The van der Waals surface area contributed by atoms with Gasteiger partial charge in [-0.25, -0.2) is 0 Å². The summed E-state index contributed by atoms with van der Waals surface area (Å²) >= 11 is 7.47. The second-order valence-electron chi connectivity index (χ2n) is 4.58. The molecule has 2 unspecified atom stereocenters. The van der Waals surface area contributed by atoms with Crippen molar-refractivity contribution in [3.05, 3.63) is 51.2 Å². The lowest BCUT2D eigenvalue weighted by molar-refractivity contribution is 0.0282. The van der Waals surface area contributed by atoms with Crippen molar-refractivity contribution in [1.29, 1.82) is 0 Å². The Bertz CT molecular complexity index is 556. The molecule has 2 rings (SSSR count). The van der Waals surface area contributed by atoms with Crippen LogP contribution in [0.1, 0.15) is 23.5 Å². The molecule has 3 nitrogen and oxygen atoms in total. The summed E-state index contributed by atoms with van der Waals surface area (Å²) in [5.74, 6) is 0.822. The Balaban J connectivity index is 2.05. The molecule has 0 saturated carbocycles. The van der Waals surface area contributed by atoms with Gasteiger partial charge in [0, 0.05) is 10.9 Å². The third-order valence-corrected chi connectivity index (χ3v) is 4.21. The molecule has 0 bridgehead atoms. The predicted octanol–water partition coefficient (Wildman–Crippen LogP) is 4.02. The van der Waals surface area contributed by atoms with E-state index >= 15 is 0 Å². The first kappa shape index (κ1) is 15.3. The van der Waals surface area contributed by atoms with Crippen LogP contribution in [0.3, 0.4) is 0 Å². The molecule has 2 aromatic rings. The minimum atomic E-state index is -0.154. The topological polar surface area (TPSA) is 44.5 Å². The minimum absolute atomic E-state index is 0.102. The molecule has 0 spiro atoms. The van der Waals surface area contributed by atoms with Gasteiger partial charge in [0.25, 0.3) is 0 Å². The van der Waals surface area contributed by atoms with E-state index in [0.717, 1.165) is 20.5 Å². The van der Waals surface area contributed by atoms with Crippen LogP contribution in [-0.4, -0.2) is 13.2 Å². The monoisotopic (exact) mass is 311 g/mol. The van der Waals surface area contributed by atoms with Crippen LogP contribution in [0, 0.1) is 0 Å². The first-order chi connectivity index (χ1) is 9.60. The summed E-state index contributed by atoms with van der Waals surface area (Å²) in [7, 11) is 1.65. The smallest absolute Gasteiger partial charge is 0.119 e. The number of hydrogen-bond donors (Lipinski definition) is 1. The van der Waals surface area contributed by atoms with Crippen LogP contribution in [0.15, 0.2) is 36.4 Å². The van der Waals surface area contributed by atoms with E-state index < -0.39 is 0 Å². The van der Waals surface area contributed by atoms with Crippen molar-refractivity contribution in [3.8, 4) is 5.75 Å². The van der Waals surface area contributed by atoms with E-state index in [-0.39, 0.29) is 12.1 Å². The molecule has 2 N–H and O–H groups in total. The lowest BCUT2D eigenvalue weighted by Gasteiger charge is -2.20. The second kappa shape index (κ2) is 7.09. The number of rotatable bonds is 6. The molecule has 20 heavy (non-hydrogen) atoms. The van der Waals surface area contributed by atoms with Crippen LogP contribution in [0.25, 0.3) is 0 Å². The third kappa shape index (κ3) is 3.96. The molecule has 0 fully saturated rings. The van der Waals surface area contributed by atoms with E-state index in [2.05, 4.69) is 0 Å². The summed E-state index contributed by atoms with van der Waals surface area (Å²) in [6.45, 7) is 2.42. The SMILES string of the molecule is COc1cccc(COC(c2ccc(Cl)s2)C(C)N)c1. The maximum absolute atomic E-state index is 6.01. The molecule has 0 aliphatic carbocycles. The van der Waals surface area contributed by atoms with E-state index in [4.69, 9.17) is 26.8 Å². The molecule has 0 saturated heterocycles. The average Bonchev–Trinajstić information content (AvgIpc) is 2.85. The maximum Gasteiger partial charge on any atom is 0.119 e. The van der Waals surface area contributed by atoms with E-state index in [1.54, 1.807) is 7.11 Å². The van der Waals surface area contributed by atoms with E-state index in [1.807, 2.05) is 43.3 Å². The van der Waals surface area contributed by atoms with Gasteiger partial charge in [-0.1, -0.05) is 23.7 Å². The molecule has 5 heteroatoms. The molecule has 108 valence electrons. The summed E-state index contributed by atoms with van der Waals surface area (Å²) in [5, 5.41) is 0. The quantitative estimate of drug-likeness (QED) is 0.876. The first-order valence-electron chi connectivity index (χ1n) is 6.35. The lowest BCUT2D eigenvalue weighted by atomic mass is 10.1. The van der Waals surface area contributed by atoms with Crippen molar-refractivity contribution in [2.24, 2.45) is 5.73 Å². The lowest BCUT2D eigenvalue weighted by Crippen LogP contribution is -2.26. The molecule has 1 heterocycles. The van der Waals surface area contributed by atoms with Crippen molar-refractivity contribution in [1.82, 2.24) is 0 Å². The number of nitrogens with two attached hydrogens (primary N) is 1. The van der Waals surface area contributed by atoms with Crippen LogP contribution < -0.4 is 10.5 Å². The molecular weight excluding hydrogens is 294 g/mol. The Morgan fingerprint density at radius 3 is 2.70 bits per heavy atom. The molecule has 0 amide bonds. The maximum atomic E-state index is 6.01. The van der Waals surface area contributed by atoms with Gasteiger partial charge in [-0.2, -0.15) is 0 Å². The Labute approximate surface area is 128 Å². The number of methoxy groups -OCH3 is 1. The number of thiophene rings is 1. The minimum Gasteiger partial charge on any atom is -0.497 e. The Hall–Kier alpha value is -1.07. The highest BCUT2D eigenvalue weighted by Gasteiger charge is 2.19. The van der Waals surface area contributed by atoms with Crippen LogP contribution >= 0.6 is 22.9 Å². The number of hydrogen-bond acceptors (Lipinski definition) is 4. The highest BCUT2D eigenvalue weighted by molar-refractivity contribution is 7.16. The van der Waals surface area contributed by atoms with Crippen molar-refractivity contribution in [2.45, 2.75) is 25.7 Å². The van der Waals surface area contributed by atoms with Crippen molar-refractivity contribution >= 4 is 22.9 Å². The van der Waals surface area contributed by atoms with E-state index in [0.29, 0.717) is 6.61 Å². The van der Waals surface area contributed by atoms with Gasteiger partial charge in [0.2, 0.25) is 0 Å². The predicted molar refractivity (Wildman–Crippen MR) is 83.5 cm³/mol. The van der Waals surface area contributed by atoms with Crippen LogP contribution in [-0.2, 0) is 11.3 Å². The largest absolute Gasteiger partial charge is 0.497 e. The summed E-state index contributed by atoms with van der Waals surface area (Å²) in [6.07, 6.45) is -0.154. The number of ether oxygens (including phenoxy) is 2. The van der Waals surface area contributed by atoms with Gasteiger partial charge >= 0.3 is 0 Å². The van der Waals surface area contributed by atoms with E-state index in [1.165, 1.54) is 11.3 Å². The normalized spacial score (nSPS) is 14.0. The molecule has 0 aliphatic rings. The zero-order valence-corrected chi connectivity index (χ0v) is 13.1. The Morgan fingerprint density at radius 2 is 2.10 bits per heavy atom. The van der Waals surface area contributed by atoms with E-state index in [9.17, 15) is 0 Å². The van der Waals surface area contributed by atoms with Gasteiger partial charge in [0.1, 0.15) is 11.9 Å². The highest BCUT2D eigenvalue weighted by atomic mass is 35.5. The van der Waals surface area contributed by atoms with Crippen molar-refractivity contribution < 1.29 is 9.47 Å². The Morgan fingerprint density at radius 1 is 1.30 bits per heavy atom. The number of benzene rings is 1.